The summed E-state index contributed by atoms with van der Waals surface area (Å²) in [6, 6.07) is 0. The van der Waals surface area contributed by atoms with E-state index in [4.69, 9.17) is 0 Å². The molecule has 3 fully saturated rings. The fourth-order valence-electron chi connectivity index (χ4n) is 5.33. The molecule has 0 radical (unpaired) electrons. The second-order valence-corrected chi connectivity index (χ2v) is 11.7. The monoisotopic (exact) mass is 534 g/mol. The SMILES string of the molecule is CCCCC/C=C\C/C=C\C/C=C\C/C=C\CCCC(=O)NC12CC(c3nc(C(F)(F)F)c(C)s3)(C1)C2. The fourth-order valence-corrected chi connectivity index (χ4v) is 6.45. The molecule has 1 N–H and O–H groups in total. The number of nitrogens with zero attached hydrogens (tertiary/aromatic N) is 1. The van der Waals surface area contributed by atoms with E-state index < -0.39 is 11.9 Å². The minimum absolute atomic E-state index is 0.0375. The summed E-state index contributed by atoms with van der Waals surface area (Å²) in [5.74, 6) is 0.0375. The number of carbonyl (C=O) groups is 1. The molecule has 1 aromatic rings. The number of carbonyl (C=O) groups excluding carboxylic acids is 1. The second-order valence-electron chi connectivity index (χ2n) is 10.5. The van der Waals surface area contributed by atoms with Crippen LogP contribution in [0, 0.1) is 6.92 Å². The highest BCUT2D eigenvalue weighted by atomic mass is 32.1. The third kappa shape index (κ3) is 8.42. The molecule has 3 saturated carbocycles. The van der Waals surface area contributed by atoms with Crippen LogP contribution < -0.4 is 5.32 Å². The highest BCUT2D eigenvalue weighted by Gasteiger charge is 2.70. The van der Waals surface area contributed by atoms with E-state index in [9.17, 15) is 18.0 Å². The number of aromatic nitrogens is 1. The van der Waals surface area contributed by atoms with Crippen LogP contribution in [0.1, 0.15) is 106 Å². The molecular weight excluding hydrogens is 493 g/mol. The molecule has 0 atom stereocenters. The zero-order valence-corrected chi connectivity index (χ0v) is 23.0. The molecule has 204 valence electrons. The molecule has 37 heavy (non-hydrogen) atoms. The molecule has 3 aliphatic rings. The van der Waals surface area contributed by atoms with Crippen LogP contribution in [-0.4, -0.2) is 16.4 Å². The van der Waals surface area contributed by atoms with Crippen molar-refractivity contribution in [3.05, 3.63) is 64.2 Å². The largest absolute Gasteiger partial charge is 0.434 e. The number of unbranched alkanes of at least 4 members (excludes halogenated alkanes) is 4. The normalized spacial score (nSPS) is 23.4. The third-order valence-corrected chi connectivity index (χ3v) is 8.40. The molecule has 3 aliphatic carbocycles. The summed E-state index contributed by atoms with van der Waals surface area (Å²) in [5.41, 5.74) is -1.25. The number of halogens is 3. The first-order chi connectivity index (χ1) is 17.7. The Hall–Kier alpha value is -2.15. The number of nitrogens with one attached hydrogen (secondary N) is 1. The van der Waals surface area contributed by atoms with Crippen LogP contribution in [0.2, 0.25) is 0 Å². The number of amides is 1. The lowest BCUT2D eigenvalue weighted by Gasteiger charge is -2.69. The molecule has 3 nitrogen and oxygen atoms in total. The average molecular weight is 535 g/mol. The topological polar surface area (TPSA) is 42.0 Å². The smallest absolute Gasteiger partial charge is 0.351 e. The summed E-state index contributed by atoms with van der Waals surface area (Å²) < 4.78 is 39.2. The van der Waals surface area contributed by atoms with Crippen LogP contribution in [0.25, 0.3) is 0 Å². The van der Waals surface area contributed by atoms with Crippen molar-refractivity contribution in [2.75, 3.05) is 0 Å². The van der Waals surface area contributed by atoms with Crippen molar-refractivity contribution in [1.29, 1.82) is 0 Å². The summed E-state index contributed by atoms with van der Waals surface area (Å²) >= 11 is 1.15. The van der Waals surface area contributed by atoms with Crippen LogP contribution in [0.5, 0.6) is 0 Å². The number of aryl methyl sites for hydroxylation is 1. The van der Waals surface area contributed by atoms with E-state index in [0.29, 0.717) is 30.7 Å². The number of thiazole rings is 1. The lowest BCUT2D eigenvalue weighted by atomic mass is 9.39. The van der Waals surface area contributed by atoms with E-state index in [-0.39, 0.29) is 21.7 Å². The van der Waals surface area contributed by atoms with Gasteiger partial charge in [0.15, 0.2) is 5.69 Å². The third-order valence-electron chi connectivity index (χ3n) is 7.19. The molecule has 4 rings (SSSR count). The van der Waals surface area contributed by atoms with Crippen LogP contribution in [0.3, 0.4) is 0 Å². The maximum absolute atomic E-state index is 13.1. The minimum atomic E-state index is -4.40. The fraction of sp³-hybridized carbons (Fsp3) is 0.600. The predicted molar refractivity (Wildman–Crippen MR) is 147 cm³/mol. The van der Waals surface area contributed by atoms with Crippen molar-refractivity contribution >= 4 is 17.2 Å². The molecule has 1 aromatic heterocycles. The van der Waals surface area contributed by atoms with Crippen LogP contribution in [-0.2, 0) is 16.4 Å². The van der Waals surface area contributed by atoms with Gasteiger partial charge in [0.25, 0.3) is 0 Å². The van der Waals surface area contributed by atoms with E-state index in [1.807, 2.05) is 0 Å². The molecular formula is C30H41F3N2OS. The van der Waals surface area contributed by atoms with Gasteiger partial charge in [-0.15, -0.1) is 11.3 Å². The molecule has 1 amide bonds. The highest BCUT2D eigenvalue weighted by Crippen LogP contribution is 2.68. The van der Waals surface area contributed by atoms with E-state index in [2.05, 4.69) is 65.8 Å². The number of hydrogen-bond donors (Lipinski definition) is 1. The maximum atomic E-state index is 13.1. The van der Waals surface area contributed by atoms with Crippen LogP contribution in [0.15, 0.2) is 48.6 Å². The maximum Gasteiger partial charge on any atom is 0.434 e. The van der Waals surface area contributed by atoms with E-state index in [1.54, 1.807) is 0 Å². The Morgan fingerprint density at radius 1 is 0.919 bits per heavy atom. The first kappa shape index (κ1) is 29.4. The average Bonchev–Trinajstić information content (AvgIpc) is 3.19. The van der Waals surface area contributed by atoms with Gasteiger partial charge >= 0.3 is 6.18 Å². The molecule has 2 bridgehead atoms. The first-order valence-electron chi connectivity index (χ1n) is 13.7. The molecule has 0 unspecified atom stereocenters. The van der Waals surface area contributed by atoms with Crippen molar-refractivity contribution in [2.24, 2.45) is 0 Å². The molecule has 0 spiro atoms. The van der Waals surface area contributed by atoms with Gasteiger partial charge in [0.2, 0.25) is 5.91 Å². The van der Waals surface area contributed by atoms with Crippen molar-refractivity contribution in [3.8, 4) is 0 Å². The number of rotatable bonds is 16. The Labute approximate surface area is 224 Å². The zero-order chi connectivity index (χ0) is 26.8. The Balaban J connectivity index is 1.21. The van der Waals surface area contributed by atoms with Crippen LogP contribution >= 0.6 is 11.3 Å². The van der Waals surface area contributed by atoms with E-state index in [1.165, 1.54) is 32.6 Å². The zero-order valence-electron chi connectivity index (χ0n) is 22.2. The van der Waals surface area contributed by atoms with Crippen molar-refractivity contribution < 1.29 is 18.0 Å². The summed E-state index contributed by atoms with van der Waals surface area (Å²) in [7, 11) is 0. The van der Waals surface area contributed by atoms with Gasteiger partial charge in [-0.25, -0.2) is 4.98 Å². The second kappa shape index (κ2) is 13.6. The molecule has 1 heterocycles. The lowest BCUT2D eigenvalue weighted by molar-refractivity contribution is -0.142. The molecule has 0 aliphatic heterocycles. The first-order valence-corrected chi connectivity index (χ1v) is 14.5. The standard InChI is InChI=1S/C30H41F3N2OS/c1-3-4-5-6-7-8-9-10-11-12-13-14-15-16-17-18-19-20-25(36)35-29-21-28(22-29,23-29)27-34-26(24(2)37-27)30(31,32)33/h7-8,10-11,13-14,16-17H,3-6,9,12,15,18-23H2,1-2H3,(H,35,36)/b8-7-,11-10-,14-13-,17-16-. The number of allylic oxidation sites excluding steroid dienone is 8. The number of hydrogen-bond acceptors (Lipinski definition) is 3. The molecule has 7 heteroatoms. The Kier molecular flexibility index (Phi) is 10.8. The van der Waals surface area contributed by atoms with Crippen molar-refractivity contribution in [2.45, 2.75) is 114 Å². The Bertz CT molecular complexity index is 983. The summed E-state index contributed by atoms with van der Waals surface area (Å²) in [5, 5.41) is 3.71. The van der Waals surface area contributed by atoms with Gasteiger partial charge in [0.1, 0.15) is 0 Å². The summed E-state index contributed by atoms with van der Waals surface area (Å²) in [4.78, 5) is 16.5. The summed E-state index contributed by atoms with van der Waals surface area (Å²) in [6.45, 7) is 3.70. The van der Waals surface area contributed by atoms with E-state index >= 15 is 0 Å². The predicted octanol–water partition coefficient (Wildman–Crippen LogP) is 8.91. The molecule has 0 saturated heterocycles. The Morgan fingerprint density at radius 2 is 1.46 bits per heavy atom. The van der Waals surface area contributed by atoms with Gasteiger partial charge in [0.05, 0.1) is 5.01 Å². The van der Waals surface area contributed by atoms with E-state index in [0.717, 1.165) is 43.4 Å². The lowest BCUT2D eigenvalue weighted by Crippen LogP contribution is -2.76. The Morgan fingerprint density at radius 3 is 1.97 bits per heavy atom. The van der Waals surface area contributed by atoms with Gasteiger partial charge < -0.3 is 5.32 Å². The number of alkyl halides is 3. The van der Waals surface area contributed by atoms with Gasteiger partial charge in [-0.1, -0.05) is 68.4 Å². The van der Waals surface area contributed by atoms with Gasteiger partial charge in [0, 0.05) is 22.3 Å². The van der Waals surface area contributed by atoms with Gasteiger partial charge in [-0.3, -0.25) is 4.79 Å². The van der Waals surface area contributed by atoms with Crippen molar-refractivity contribution in [3.63, 3.8) is 0 Å². The quantitative estimate of drug-likeness (QED) is 0.170. The van der Waals surface area contributed by atoms with Crippen molar-refractivity contribution in [1.82, 2.24) is 10.3 Å². The van der Waals surface area contributed by atoms with Gasteiger partial charge in [-0.05, 0) is 71.1 Å². The minimum Gasteiger partial charge on any atom is -0.351 e. The van der Waals surface area contributed by atoms with Gasteiger partial charge in [-0.2, -0.15) is 13.2 Å². The summed E-state index contributed by atoms with van der Waals surface area (Å²) in [6.07, 6.45) is 25.2. The molecule has 0 aromatic carbocycles. The highest BCUT2D eigenvalue weighted by molar-refractivity contribution is 7.11. The van der Waals surface area contributed by atoms with Crippen LogP contribution in [0.4, 0.5) is 13.2 Å².